The molecule has 2 saturated heterocycles. The first kappa shape index (κ1) is 31.8. The summed E-state index contributed by atoms with van der Waals surface area (Å²) in [5.41, 5.74) is 3.01. The molecule has 13 nitrogen and oxygen atoms in total. The van der Waals surface area contributed by atoms with Gasteiger partial charge in [0.2, 0.25) is 0 Å². The Balaban J connectivity index is 1.12. The van der Waals surface area contributed by atoms with Gasteiger partial charge < -0.3 is 14.2 Å². The van der Waals surface area contributed by atoms with Gasteiger partial charge in [-0.3, -0.25) is 19.2 Å². The maximum atomic E-state index is 13.6. The highest BCUT2D eigenvalue weighted by molar-refractivity contribution is 7.21. The molecule has 15 heteroatoms. The first-order chi connectivity index (χ1) is 22.0. The molecule has 238 valence electrons. The van der Waals surface area contributed by atoms with Crippen LogP contribution in [-0.2, 0) is 33.3 Å². The molecule has 1 amide bonds. The third-order valence-electron chi connectivity index (χ3n) is 8.91. The number of ether oxygens (including phenoxy) is 1. The topological polar surface area (TPSA) is 148 Å². The Kier molecular flexibility index (Phi) is 8.65. The highest BCUT2D eigenvalue weighted by atomic mass is 31.0. The molecule has 4 aromatic heterocycles. The van der Waals surface area contributed by atoms with Crippen molar-refractivity contribution in [2.24, 2.45) is 0 Å². The molecule has 2 aliphatic heterocycles. The number of aromatic nitrogens is 7. The van der Waals surface area contributed by atoms with Crippen LogP contribution in [0.15, 0.2) is 37.1 Å². The number of nitriles is 1. The zero-order valence-electron chi connectivity index (χ0n) is 26.7. The number of aryl methyl sites for hydroxylation is 1. The molecule has 2 fully saturated rings. The third-order valence-corrected chi connectivity index (χ3v) is 9.17. The minimum Gasteiger partial charge on any atom is -0.459 e. The van der Waals surface area contributed by atoms with Crippen molar-refractivity contribution in [3.8, 4) is 17.3 Å². The van der Waals surface area contributed by atoms with Crippen molar-refractivity contribution >= 4 is 40.0 Å². The average molecular weight is 640 g/mol. The van der Waals surface area contributed by atoms with Crippen LogP contribution in [0, 0.1) is 11.3 Å². The Morgan fingerprint density at radius 1 is 1.24 bits per heavy atom. The van der Waals surface area contributed by atoms with E-state index in [0.717, 1.165) is 41.7 Å². The Hall–Kier alpha value is -4.21. The molecule has 6 rings (SSSR count). The predicted octanol–water partition coefficient (Wildman–Crippen LogP) is 2.08. The largest absolute Gasteiger partial charge is 0.459 e. The molecule has 2 atom stereocenters. The molecule has 6 heterocycles. The normalized spacial score (nSPS) is 18.1. The molecular weight excluding hydrogens is 602 g/mol. The van der Waals surface area contributed by atoms with E-state index in [1.165, 1.54) is 6.92 Å². The van der Waals surface area contributed by atoms with E-state index < -0.39 is 16.6 Å². The van der Waals surface area contributed by atoms with E-state index in [-0.39, 0.29) is 12.5 Å². The lowest BCUT2D eigenvalue weighted by Crippen LogP contribution is -2.66. The Labute approximate surface area is 271 Å². The van der Waals surface area contributed by atoms with Crippen molar-refractivity contribution in [2.45, 2.75) is 69.8 Å². The summed E-state index contributed by atoms with van der Waals surface area (Å²) in [7, 11) is 4.65. The maximum Gasteiger partial charge on any atom is 0.303 e. The van der Waals surface area contributed by atoms with Crippen LogP contribution in [0.4, 0.5) is 0 Å². The molecule has 0 radical (unpaired) electrons. The number of esters is 1. The van der Waals surface area contributed by atoms with E-state index in [9.17, 15) is 14.9 Å². The van der Waals surface area contributed by atoms with E-state index in [1.807, 2.05) is 49.0 Å². The molecule has 0 spiro atoms. The summed E-state index contributed by atoms with van der Waals surface area (Å²) in [5, 5.41) is 15.0. The highest BCUT2D eigenvalue weighted by Crippen LogP contribution is 2.37. The van der Waals surface area contributed by atoms with Crippen LogP contribution >= 0.6 is 9.24 Å². The summed E-state index contributed by atoms with van der Waals surface area (Å²) in [4.78, 5) is 47.3. The van der Waals surface area contributed by atoms with Gasteiger partial charge >= 0.3 is 5.97 Å². The minimum atomic E-state index is -0.459. The van der Waals surface area contributed by atoms with Crippen molar-refractivity contribution in [3.63, 3.8) is 0 Å². The van der Waals surface area contributed by atoms with E-state index in [4.69, 9.17) is 9.84 Å². The fourth-order valence-electron chi connectivity index (χ4n) is 6.39. The number of fused-ring (bicyclic) bond motifs is 1. The number of amides is 1. The van der Waals surface area contributed by atoms with E-state index >= 15 is 0 Å². The molecule has 0 bridgehead atoms. The first-order valence-corrected chi connectivity index (χ1v) is 16.2. The van der Waals surface area contributed by atoms with Gasteiger partial charge in [0.15, 0.2) is 0 Å². The van der Waals surface area contributed by atoms with Crippen LogP contribution < -0.4 is 0 Å². The van der Waals surface area contributed by atoms with Crippen molar-refractivity contribution in [3.05, 3.63) is 54.3 Å². The van der Waals surface area contributed by atoms with Gasteiger partial charge in [0, 0.05) is 74.1 Å². The molecular formula is C31H38BN10O3P. The maximum absolute atomic E-state index is 13.6. The molecule has 0 saturated carbocycles. The Morgan fingerprint density at radius 2 is 2.00 bits per heavy atom. The average Bonchev–Trinajstić information content (AvgIpc) is 3.69. The zero-order valence-corrected chi connectivity index (χ0v) is 27.8. The number of carbonyl (C=O) groups excluding carboxylic acids is 2. The molecule has 0 N–H and O–H groups in total. The summed E-state index contributed by atoms with van der Waals surface area (Å²) in [6, 6.07) is 6.34. The van der Waals surface area contributed by atoms with Crippen LogP contribution in [0.2, 0.25) is 0 Å². The lowest BCUT2D eigenvalue weighted by atomic mass is 9.83. The first-order valence-electron chi connectivity index (χ1n) is 15.6. The number of hydrogen-bond donors (Lipinski definition) is 0. The van der Waals surface area contributed by atoms with Gasteiger partial charge in [-0.15, -0.1) is 9.24 Å². The smallest absolute Gasteiger partial charge is 0.303 e. The van der Waals surface area contributed by atoms with Crippen LogP contribution in [0.1, 0.15) is 62.0 Å². The number of piperidine rings is 1. The number of hydrogen-bond acceptors (Lipinski definition) is 10. The monoisotopic (exact) mass is 640 g/mol. The van der Waals surface area contributed by atoms with Crippen molar-refractivity contribution in [2.75, 3.05) is 26.2 Å². The molecule has 0 aromatic carbocycles. The number of rotatable bonds is 9. The summed E-state index contributed by atoms with van der Waals surface area (Å²) < 4.78 is 9.18. The predicted molar refractivity (Wildman–Crippen MR) is 176 cm³/mol. The fraction of sp³-hybridized carbons (Fsp3) is 0.484. The second kappa shape index (κ2) is 12.5. The number of carbonyl (C=O) groups is 2. The van der Waals surface area contributed by atoms with Crippen LogP contribution in [0.25, 0.3) is 22.3 Å². The number of nitrogens with zero attached hydrogens (tertiary/aromatic N) is 10. The van der Waals surface area contributed by atoms with Gasteiger partial charge in [0.25, 0.3) is 5.91 Å². The Morgan fingerprint density at radius 3 is 2.67 bits per heavy atom. The van der Waals surface area contributed by atoms with E-state index in [2.05, 4.69) is 51.6 Å². The standard InChI is InChI=1S/C31H38BN10O3P/c1-4-39-12-7-24-26(34-19-35-27(24)39)21-14-36-42(15-21)31(8-9-33)17-41(18-31)23-5-10-40(11-6-23)28(44)25-13-22(16-45-20(2)43)37-29(38-25)30(3,32)46/h7,12-15,19,23H,4-6,8,10-11,16-18,32,46H2,1-3H3. The minimum absolute atomic E-state index is 0.0130. The summed E-state index contributed by atoms with van der Waals surface area (Å²) >= 11 is 0. The lowest BCUT2D eigenvalue weighted by molar-refractivity contribution is -0.142. The van der Waals surface area contributed by atoms with Gasteiger partial charge in [-0.1, -0.05) is 6.92 Å². The van der Waals surface area contributed by atoms with Crippen LogP contribution in [-0.4, -0.2) is 96.0 Å². The summed E-state index contributed by atoms with van der Waals surface area (Å²) in [6.07, 6.45) is 9.42. The van der Waals surface area contributed by atoms with Gasteiger partial charge in [0.1, 0.15) is 43.5 Å². The lowest BCUT2D eigenvalue weighted by Gasteiger charge is -2.53. The molecule has 0 aliphatic carbocycles. The number of likely N-dealkylation sites (tertiary alicyclic amines) is 2. The SMILES string of the molecule is BC(C)(P)c1nc(COC(C)=O)cc(C(=O)N2CCC(N3CC(CC#N)(n4cc(-c5ncnc6c5ccn6CC)cn4)C3)CC2)n1. The summed E-state index contributed by atoms with van der Waals surface area (Å²) in [6.45, 7) is 8.81. The molecule has 4 aromatic rings. The summed E-state index contributed by atoms with van der Waals surface area (Å²) in [5.74, 6) is -0.0621. The Bertz CT molecular complexity index is 1810. The van der Waals surface area contributed by atoms with Crippen molar-refractivity contribution < 1.29 is 14.3 Å². The van der Waals surface area contributed by atoms with E-state index in [0.29, 0.717) is 55.9 Å². The van der Waals surface area contributed by atoms with Gasteiger partial charge in [-0.2, -0.15) is 10.4 Å². The van der Waals surface area contributed by atoms with Crippen molar-refractivity contribution in [1.82, 2.24) is 44.1 Å². The molecule has 46 heavy (non-hydrogen) atoms. The van der Waals surface area contributed by atoms with Crippen LogP contribution in [0.5, 0.6) is 0 Å². The van der Waals surface area contributed by atoms with Crippen LogP contribution in [0.3, 0.4) is 0 Å². The van der Waals surface area contributed by atoms with Gasteiger partial charge in [0.05, 0.1) is 30.1 Å². The van der Waals surface area contributed by atoms with Gasteiger partial charge in [-0.25, -0.2) is 19.9 Å². The second-order valence-electron chi connectivity index (χ2n) is 12.8. The quantitative estimate of drug-likeness (QED) is 0.151. The fourth-order valence-corrected chi connectivity index (χ4v) is 6.52. The molecule has 2 aliphatic rings. The second-order valence-corrected chi connectivity index (χ2v) is 14.2. The zero-order chi connectivity index (χ0) is 32.6. The highest BCUT2D eigenvalue weighted by Gasteiger charge is 2.48. The van der Waals surface area contributed by atoms with E-state index in [1.54, 1.807) is 12.4 Å². The van der Waals surface area contributed by atoms with Gasteiger partial charge in [-0.05, 0) is 31.9 Å². The third kappa shape index (κ3) is 6.14. The molecule has 2 unspecified atom stereocenters. The van der Waals surface area contributed by atoms with Crippen molar-refractivity contribution in [1.29, 1.82) is 5.26 Å².